The van der Waals surface area contributed by atoms with E-state index in [9.17, 15) is 4.79 Å². The molecule has 1 saturated heterocycles. The second-order valence-corrected chi connectivity index (χ2v) is 6.57. The van der Waals surface area contributed by atoms with Crippen LogP contribution >= 0.6 is 0 Å². The Bertz CT molecular complexity index is 975. The largest absolute Gasteiger partial charge is 0.440 e. The highest BCUT2D eigenvalue weighted by molar-refractivity contribution is 5.90. The summed E-state index contributed by atoms with van der Waals surface area (Å²) in [4.78, 5) is 25.3. The lowest BCUT2D eigenvalue weighted by atomic mass is 10.2. The summed E-state index contributed by atoms with van der Waals surface area (Å²) < 4.78 is 12.5. The zero-order valence-electron chi connectivity index (χ0n) is 15.7. The fraction of sp³-hybridized carbons (Fsp3) is 0.389. The number of hydrogen-bond acceptors (Lipinski definition) is 8. The smallest absolute Gasteiger partial charge is 0.307 e. The topological polar surface area (TPSA) is 120 Å². The lowest BCUT2D eigenvalue weighted by Gasteiger charge is -2.09. The van der Waals surface area contributed by atoms with Gasteiger partial charge in [0.2, 0.25) is 5.95 Å². The van der Waals surface area contributed by atoms with Crippen molar-refractivity contribution in [1.29, 1.82) is 0 Å². The molecule has 0 radical (unpaired) electrons. The number of carbonyl (C=O) groups excluding carboxylic acids is 1. The van der Waals surface area contributed by atoms with Crippen LogP contribution in [0.2, 0.25) is 0 Å². The van der Waals surface area contributed by atoms with Gasteiger partial charge in [-0.25, -0.2) is 15.0 Å². The minimum Gasteiger partial charge on any atom is -0.440 e. The quantitative estimate of drug-likeness (QED) is 0.661. The summed E-state index contributed by atoms with van der Waals surface area (Å²) in [5.74, 6) is 0.773. The van der Waals surface area contributed by atoms with Gasteiger partial charge in [0.05, 0.1) is 12.3 Å². The molecule has 146 valence electrons. The van der Waals surface area contributed by atoms with E-state index in [0.717, 1.165) is 30.8 Å². The molecule has 1 aliphatic rings. The third-order valence-corrected chi connectivity index (χ3v) is 4.49. The lowest BCUT2D eigenvalue weighted by Crippen LogP contribution is -2.31. The number of ether oxygens (including phenoxy) is 1. The van der Waals surface area contributed by atoms with E-state index < -0.39 is 0 Å². The first-order valence-electron chi connectivity index (χ1n) is 9.04. The number of amides is 1. The average molecular weight is 383 g/mol. The third-order valence-electron chi connectivity index (χ3n) is 4.49. The molecule has 10 heteroatoms. The molecule has 1 atom stereocenters. The molecule has 4 heterocycles. The summed E-state index contributed by atoms with van der Waals surface area (Å²) in [7, 11) is 1.82. The zero-order chi connectivity index (χ0) is 19.5. The van der Waals surface area contributed by atoms with Crippen molar-refractivity contribution in [3.8, 4) is 11.4 Å². The van der Waals surface area contributed by atoms with Crippen molar-refractivity contribution in [2.75, 3.05) is 18.5 Å². The molecule has 1 amide bonds. The van der Waals surface area contributed by atoms with Crippen LogP contribution in [0, 0.1) is 6.92 Å². The predicted molar refractivity (Wildman–Crippen MR) is 100 cm³/mol. The van der Waals surface area contributed by atoms with E-state index in [-0.39, 0.29) is 17.9 Å². The average Bonchev–Trinajstić information content (AvgIpc) is 3.44. The van der Waals surface area contributed by atoms with Crippen molar-refractivity contribution in [3.05, 3.63) is 36.2 Å². The number of oxazole rings is 1. The molecule has 10 nitrogen and oxygen atoms in total. The Labute approximate surface area is 161 Å². The fourth-order valence-corrected chi connectivity index (χ4v) is 2.95. The summed E-state index contributed by atoms with van der Waals surface area (Å²) >= 11 is 0. The second kappa shape index (κ2) is 7.77. The Balaban J connectivity index is 1.48. The Kier molecular flexibility index (Phi) is 5.02. The monoisotopic (exact) mass is 383 g/mol. The maximum Gasteiger partial charge on any atom is 0.307 e. The zero-order valence-corrected chi connectivity index (χ0v) is 15.7. The maximum absolute atomic E-state index is 12.3. The van der Waals surface area contributed by atoms with Gasteiger partial charge in [0.25, 0.3) is 5.89 Å². The first-order chi connectivity index (χ1) is 13.6. The van der Waals surface area contributed by atoms with Gasteiger partial charge in [-0.3, -0.25) is 9.48 Å². The van der Waals surface area contributed by atoms with Crippen LogP contribution in [0.15, 0.2) is 29.1 Å². The van der Waals surface area contributed by atoms with E-state index in [4.69, 9.17) is 9.15 Å². The van der Waals surface area contributed by atoms with Crippen molar-refractivity contribution in [3.63, 3.8) is 0 Å². The molecule has 0 aromatic carbocycles. The summed E-state index contributed by atoms with van der Waals surface area (Å²) in [6.45, 7) is 3.06. The summed E-state index contributed by atoms with van der Waals surface area (Å²) in [5.41, 5.74) is 1.87. The molecule has 3 aromatic rings. The van der Waals surface area contributed by atoms with Gasteiger partial charge < -0.3 is 19.8 Å². The van der Waals surface area contributed by atoms with Crippen LogP contribution < -0.4 is 10.6 Å². The third kappa shape index (κ3) is 3.86. The SMILES string of the molecule is Cc1cnc(Nc2ccnn2C)nc1-c1coc(C(=O)NCC2CCCO2)n1. The second-order valence-electron chi connectivity index (χ2n) is 6.57. The molecule has 4 rings (SSSR count). The number of nitrogens with zero attached hydrogens (tertiary/aromatic N) is 5. The number of aromatic nitrogens is 5. The Morgan fingerprint density at radius 1 is 1.39 bits per heavy atom. The minimum absolute atomic E-state index is 0.00727. The summed E-state index contributed by atoms with van der Waals surface area (Å²) in [6.07, 6.45) is 6.81. The van der Waals surface area contributed by atoms with E-state index in [1.807, 2.05) is 20.0 Å². The Morgan fingerprint density at radius 3 is 3.04 bits per heavy atom. The summed E-state index contributed by atoms with van der Waals surface area (Å²) in [5, 5.41) is 9.99. The van der Waals surface area contributed by atoms with Crippen molar-refractivity contribution in [2.45, 2.75) is 25.9 Å². The van der Waals surface area contributed by atoms with Gasteiger partial charge in [-0.1, -0.05) is 0 Å². The van der Waals surface area contributed by atoms with Gasteiger partial charge in [0.15, 0.2) is 0 Å². The number of carbonyl (C=O) groups is 1. The molecule has 1 fully saturated rings. The van der Waals surface area contributed by atoms with Gasteiger partial charge >= 0.3 is 5.91 Å². The van der Waals surface area contributed by atoms with Crippen LogP contribution in [0.5, 0.6) is 0 Å². The highest BCUT2D eigenvalue weighted by Crippen LogP contribution is 2.22. The van der Waals surface area contributed by atoms with Crippen LogP contribution in [0.3, 0.4) is 0 Å². The standard InChI is InChI=1S/C18H21N7O3/c1-11-8-20-18(23-14-5-6-21-25(14)2)24-15(11)13-10-28-17(22-13)16(26)19-9-12-4-3-7-27-12/h5-6,8,10,12H,3-4,7,9H2,1-2H3,(H,19,26)(H,20,23,24). The summed E-state index contributed by atoms with van der Waals surface area (Å²) in [6, 6.07) is 1.81. The maximum atomic E-state index is 12.3. The van der Waals surface area contributed by atoms with Crippen LogP contribution in [0.25, 0.3) is 11.4 Å². The van der Waals surface area contributed by atoms with Crippen molar-refractivity contribution in [1.82, 2.24) is 30.0 Å². The van der Waals surface area contributed by atoms with E-state index in [1.165, 1.54) is 6.26 Å². The molecule has 28 heavy (non-hydrogen) atoms. The number of nitrogens with one attached hydrogen (secondary N) is 2. The molecule has 2 N–H and O–H groups in total. The molecule has 0 aliphatic carbocycles. The lowest BCUT2D eigenvalue weighted by molar-refractivity contribution is 0.0829. The predicted octanol–water partition coefficient (Wildman–Crippen LogP) is 1.83. The van der Waals surface area contributed by atoms with Crippen molar-refractivity contribution in [2.24, 2.45) is 7.05 Å². The van der Waals surface area contributed by atoms with Crippen molar-refractivity contribution >= 4 is 17.7 Å². The normalized spacial score (nSPS) is 16.3. The molecule has 0 spiro atoms. The first-order valence-corrected chi connectivity index (χ1v) is 9.04. The van der Waals surface area contributed by atoms with E-state index in [2.05, 4.69) is 30.7 Å². The molecular weight excluding hydrogens is 362 g/mol. The molecule has 0 saturated carbocycles. The van der Waals surface area contributed by atoms with Gasteiger partial charge in [-0.15, -0.1) is 0 Å². The van der Waals surface area contributed by atoms with E-state index in [1.54, 1.807) is 17.1 Å². The van der Waals surface area contributed by atoms with Gasteiger partial charge in [-0.05, 0) is 25.3 Å². The van der Waals surface area contributed by atoms with Gasteiger partial charge in [0, 0.05) is 32.5 Å². The van der Waals surface area contributed by atoms with Gasteiger partial charge in [0.1, 0.15) is 23.5 Å². The van der Waals surface area contributed by atoms with Crippen LogP contribution in [-0.4, -0.2) is 49.9 Å². The number of anilines is 2. The highest BCUT2D eigenvalue weighted by Gasteiger charge is 2.20. The molecule has 1 aliphatic heterocycles. The molecule has 1 unspecified atom stereocenters. The molecule has 0 bridgehead atoms. The highest BCUT2D eigenvalue weighted by atomic mass is 16.5. The first kappa shape index (κ1) is 18.1. The Hall–Kier alpha value is -3.27. The van der Waals surface area contributed by atoms with Crippen LogP contribution in [-0.2, 0) is 11.8 Å². The number of rotatable bonds is 6. The molecule has 3 aromatic heterocycles. The van der Waals surface area contributed by atoms with Crippen molar-refractivity contribution < 1.29 is 13.9 Å². The Morgan fingerprint density at radius 2 is 2.29 bits per heavy atom. The fourth-order valence-electron chi connectivity index (χ4n) is 2.95. The molecular formula is C18H21N7O3. The van der Waals surface area contributed by atoms with Crippen LogP contribution in [0.4, 0.5) is 11.8 Å². The van der Waals surface area contributed by atoms with Crippen LogP contribution in [0.1, 0.15) is 29.1 Å². The number of hydrogen-bond donors (Lipinski definition) is 2. The minimum atomic E-state index is -0.373. The number of aryl methyl sites for hydroxylation is 2. The van der Waals surface area contributed by atoms with E-state index in [0.29, 0.717) is 23.9 Å². The van der Waals surface area contributed by atoms with Gasteiger partial charge in [-0.2, -0.15) is 5.10 Å². The van der Waals surface area contributed by atoms with E-state index >= 15 is 0 Å².